The number of benzene rings is 2. The summed E-state index contributed by atoms with van der Waals surface area (Å²) in [5, 5.41) is 3.43. The summed E-state index contributed by atoms with van der Waals surface area (Å²) in [6, 6.07) is 28.1. The van der Waals surface area contributed by atoms with Gasteiger partial charge in [-0.2, -0.15) is 0 Å². The molecule has 6 heteroatoms. The fraction of sp³-hybridized carbons (Fsp3) is 0.129. The van der Waals surface area contributed by atoms with Gasteiger partial charge in [-0.15, -0.1) is 47.5 Å². The number of hydrogen-bond acceptors (Lipinski definition) is 4. The van der Waals surface area contributed by atoms with Crippen molar-refractivity contribution in [1.82, 2.24) is 15.0 Å². The van der Waals surface area contributed by atoms with E-state index in [9.17, 15) is 0 Å². The standard InChI is InChI=1S/C19H17N2OSi.C12H10N.Ir/c1-23(2,3)14-8-9-17(20-12-14)13-10-16-15-6-4-5-7-18(15)22-19(16)21-11-13;1-10-7-8-12(13-9-10)11-5-3-2-4-6-11;/h4-10,12H,1-3H3;2-5,7-9H,1H3;/q2*-1;/i;1D3;. The quantitative estimate of drug-likeness (QED) is 0.146. The second-order valence-electron chi connectivity index (χ2n) is 9.49. The Labute approximate surface area is 236 Å². The number of furan rings is 1. The predicted octanol–water partition coefficient (Wildman–Crippen LogP) is 7.24. The summed E-state index contributed by atoms with van der Waals surface area (Å²) >= 11 is 0. The molecule has 4 nitrogen and oxygen atoms in total. The first-order valence-electron chi connectivity index (χ1n) is 13.2. The van der Waals surface area contributed by atoms with Crippen molar-refractivity contribution in [3.63, 3.8) is 0 Å². The third kappa shape index (κ3) is 6.11. The van der Waals surface area contributed by atoms with Crippen LogP contribution in [-0.4, -0.2) is 23.0 Å². The van der Waals surface area contributed by atoms with E-state index in [4.69, 9.17) is 8.53 Å². The van der Waals surface area contributed by atoms with Gasteiger partial charge in [-0.1, -0.05) is 62.1 Å². The van der Waals surface area contributed by atoms with E-state index in [1.54, 1.807) is 18.2 Å². The maximum absolute atomic E-state index is 7.23. The van der Waals surface area contributed by atoms with Crippen molar-refractivity contribution >= 4 is 35.3 Å². The van der Waals surface area contributed by atoms with E-state index in [-0.39, 0.29) is 25.7 Å². The first-order chi connectivity index (χ1) is 18.6. The predicted molar refractivity (Wildman–Crippen MR) is 150 cm³/mol. The SMILES string of the molecule is C[Si](C)(C)c1ccc(-c2[c-]nc3oc4ccccc4c3c2)nc1.[2H]C([2H])([2H])c1ccc(-c2[c-]cccc2)nc1.[Ir]. The number of fused-ring (bicyclic) bond motifs is 3. The number of nitrogens with zero attached hydrogens (tertiary/aromatic N) is 3. The Bertz CT molecular complexity index is 1710. The van der Waals surface area contributed by atoms with Crippen LogP contribution in [0, 0.1) is 19.1 Å². The molecule has 0 saturated carbocycles. The van der Waals surface area contributed by atoms with Gasteiger partial charge in [-0.05, 0) is 46.6 Å². The molecule has 6 aromatic rings. The van der Waals surface area contributed by atoms with Crippen LogP contribution >= 0.6 is 0 Å². The Morgan fingerprint density at radius 2 is 1.57 bits per heavy atom. The Hall–Kier alpha value is -3.44. The number of para-hydroxylation sites is 1. The molecular formula is C31H27IrN3OSi-2. The molecule has 0 unspecified atom stereocenters. The van der Waals surface area contributed by atoms with E-state index in [0.29, 0.717) is 5.71 Å². The molecular weight excluding hydrogens is 651 g/mol. The summed E-state index contributed by atoms with van der Waals surface area (Å²) < 4.78 is 27.5. The van der Waals surface area contributed by atoms with Gasteiger partial charge in [0.1, 0.15) is 11.3 Å². The Morgan fingerprint density at radius 3 is 2.24 bits per heavy atom. The number of rotatable bonds is 3. The summed E-state index contributed by atoms with van der Waals surface area (Å²) in [4.78, 5) is 13.1. The van der Waals surface area contributed by atoms with Gasteiger partial charge in [0.05, 0.1) is 8.07 Å². The van der Waals surface area contributed by atoms with Crippen molar-refractivity contribution < 1.29 is 28.6 Å². The molecule has 0 saturated heterocycles. The van der Waals surface area contributed by atoms with Crippen LogP contribution in [0.15, 0.2) is 95.7 Å². The van der Waals surface area contributed by atoms with E-state index < -0.39 is 14.9 Å². The van der Waals surface area contributed by atoms with Crippen LogP contribution in [0.3, 0.4) is 0 Å². The molecule has 0 bridgehead atoms. The van der Waals surface area contributed by atoms with Crippen molar-refractivity contribution in [1.29, 1.82) is 0 Å². The molecule has 0 aliphatic rings. The molecule has 1 radical (unpaired) electrons. The van der Waals surface area contributed by atoms with Gasteiger partial charge in [-0.3, -0.25) is 0 Å². The zero-order chi connectivity index (χ0) is 27.6. The molecule has 6 rings (SSSR count). The topological polar surface area (TPSA) is 51.8 Å². The largest absolute Gasteiger partial charge is 0.483 e. The van der Waals surface area contributed by atoms with Crippen molar-refractivity contribution in [2.24, 2.45) is 0 Å². The van der Waals surface area contributed by atoms with E-state index in [1.807, 2.05) is 48.7 Å². The molecule has 0 amide bonds. The molecule has 2 aromatic carbocycles. The summed E-state index contributed by atoms with van der Waals surface area (Å²) in [5.74, 6) is 0. The van der Waals surface area contributed by atoms with Gasteiger partial charge < -0.3 is 19.4 Å². The zero-order valence-corrected chi connectivity index (χ0v) is 24.1. The molecule has 4 aromatic heterocycles. The summed E-state index contributed by atoms with van der Waals surface area (Å²) in [7, 11) is -1.33. The van der Waals surface area contributed by atoms with Gasteiger partial charge in [0.2, 0.25) is 0 Å². The Kier molecular flexibility index (Phi) is 6.94. The van der Waals surface area contributed by atoms with Gasteiger partial charge in [0.25, 0.3) is 0 Å². The summed E-state index contributed by atoms with van der Waals surface area (Å²) in [6.07, 6.45) is 6.44. The van der Waals surface area contributed by atoms with Crippen LogP contribution in [0.25, 0.3) is 44.6 Å². The van der Waals surface area contributed by atoms with Crippen LogP contribution in [0.4, 0.5) is 0 Å². The van der Waals surface area contributed by atoms with Crippen molar-refractivity contribution in [2.75, 3.05) is 0 Å². The average Bonchev–Trinajstić information content (AvgIpc) is 3.31. The third-order valence-corrected chi connectivity index (χ3v) is 7.86. The number of hydrogen-bond donors (Lipinski definition) is 0. The molecule has 187 valence electrons. The van der Waals surface area contributed by atoms with E-state index >= 15 is 0 Å². The Balaban J connectivity index is 0.000000192. The molecule has 4 heterocycles. The third-order valence-electron chi connectivity index (χ3n) is 5.83. The first kappa shape index (κ1) is 22.7. The van der Waals surface area contributed by atoms with Crippen LogP contribution in [0.1, 0.15) is 9.68 Å². The normalized spacial score (nSPS) is 12.6. The maximum atomic E-state index is 7.23. The fourth-order valence-corrected chi connectivity index (χ4v) is 4.83. The molecule has 37 heavy (non-hydrogen) atoms. The van der Waals surface area contributed by atoms with Crippen LogP contribution in [0.5, 0.6) is 0 Å². The molecule has 0 spiro atoms. The van der Waals surface area contributed by atoms with Crippen LogP contribution < -0.4 is 5.19 Å². The van der Waals surface area contributed by atoms with E-state index in [2.05, 4.69) is 65.1 Å². The molecule has 0 N–H and O–H groups in total. The smallest absolute Gasteiger partial charge is 0.141 e. The minimum absolute atomic E-state index is 0. The molecule has 0 aliphatic carbocycles. The molecule has 0 fully saturated rings. The number of aromatic nitrogens is 3. The monoisotopic (exact) mass is 681 g/mol. The fourth-order valence-electron chi connectivity index (χ4n) is 3.80. The summed E-state index contributed by atoms with van der Waals surface area (Å²) in [6.45, 7) is 4.87. The van der Waals surface area contributed by atoms with Crippen LogP contribution in [0.2, 0.25) is 19.6 Å². The molecule has 0 atom stereocenters. The zero-order valence-electron chi connectivity index (χ0n) is 23.7. The number of aryl methyl sites for hydroxylation is 1. The minimum atomic E-state index is -2.09. The number of pyridine rings is 3. The Morgan fingerprint density at radius 1 is 0.811 bits per heavy atom. The average molecular weight is 681 g/mol. The maximum Gasteiger partial charge on any atom is 0.141 e. The van der Waals surface area contributed by atoms with Gasteiger partial charge >= 0.3 is 0 Å². The van der Waals surface area contributed by atoms with Gasteiger partial charge in [0.15, 0.2) is 0 Å². The van der Waals surface area contributed by atoms with Crippen LogP contribution in [-0.2, 0) is 20.1 Å². The van der Waals surface area contributed by atoms with E-state index in [0.717, 1.165) is 38.9 Å². The second-order valence-corrected chi connectivity index (χ2v) is 14.6. The molecule has 0 aliphatic heterocycles. The van der Waals surface area contributed by atoms with Crippen molar-refractivity contribution in [3.8, 4) is 22.5 Å². The second kappa shape index (κ2) is 11.3. The summed E-state index contributed by atoms with van der Waals surface area (Å²) in [5.41, 5.74) is 5.11. The minimum Gasteiger partial charge on any atom is -0.483 e. The first-order valence-corrected chi connectivity index (χ1v) is 15.2. The van der Waals surface area contributed by atoms with Crippen molar-refractivity contribution in [2.45, 2.75) is 26.5 Å². The van der Waals surface area contributed by atoms with E-state index in [1.165, 1.54) is 11.4 Å². The van der Waals surface area contributed by atoms with Gasteiger partial charge in [0, 0.05) is 42.0 Å². The van der Waals surface area contributed by atoms with Crippen molar-refractivity contribution in [3.05, 3.63) is 109 Å². The van der Waals surface area contributed by atoms with Gasteiger partial charge in [-0.25, -0.2) is 0 Å².